The highest BCUT2D eigenvalue weighted by Crippen LogP contribution is 2.35. The number of hydrogen-bond acceptors (Lipinski definition) is 4. The monoisotopic (exact) mass is 477 g/mol. The van der Waals surface area contributed by atoms with E-state index in [1.807, 2.05) is 24.5 Å². The van der Waals surface area contributed by atoms with E-state index in [2.05, 4.69) is 72.4 Å². The van der Waals surface area contributed by atoms with E-state index in [0.29, 0.717) is 12.0 Å². The fraction of sp³-hybridized carbons (Fsp3) is 0.368. The first kappa shape index (κ1) is 17.9. The van der Waals surface area contributed by atoms with Gasteiger partial charge < -0.3 is 15.6 Å². The molecule has 3 aromatic rings. The molecule has 7 heteroatoms. The van der Waals surface area contributed by atoms with Crippen LogP contribution in [0.5, 0.6) is 0 Å². The molecule has 0 radical (unpaired) electrons. The summed E-state index contributed by atoms with van der Waals surface area (Å²) in [4.78, 5) is 12.6. The van der Waals surface area contributed by atoms with E-state index in [0.717, 1.165) is 50.5 Å². The molecule has 1 aliphatic rings. The van der Waals surface area contributed by atoms with Gasteiger partial charge in [0.05, 0.1) is 15.7 Å². The normalized spacial score (nSPS) is 19.6. The van der Waals surface area contributed by atoms with Gasteiger partial charge in [-0.15, -0.1) is 0 Å². The second-order valence-corrected chi connectivity index (χ2v) is 9.11. The number of H-pyrrole nitrogens is 1. The molecule has 26 heavy (non-hydrogen) atoms. The lowest BCUT2D eigenvalue weighted by atomic mass is 9.91. The molecule has 0 spiro atoms. The van der Waals surface area contributed by atoms with Gasteiger partial charge in [0.2, 0.25) is 5.95 Å². The Labute approximate surface area is 169 Å². The smallest absolute Gasteiger partial charge is 0.223 e. The molecule has 1 aliphatic heterocycles. The number of fused-ring (bicyclic) bond motifs is 1. The van der Waals surface area contributed by atoms with Gasteiger partial charge in [0.15, 0.2) is 0 Å². The number of para-hydroxylation sites is 1. The minimum absolute atomic E-state index is 0.210. The zero-order valence-electron chi connectivity index (χ0n) is 14.7. The summed E-state index contributed by atoms with van der Waals surface area (Å²) in [5.41, 5.74) is 3.22. The minimum Gasteiger partial charge on any atom is -0.360 e. The van der Waals surface area contributed by atoms with Crippen LogP contribution in [0, 0.1) is 0 Å². The van der Waals surface area contributed by atoms with Crippen LogP contribution in [0.15, 0.2) is 39.5 Å². The maximum Gasteiger partial charge on any atom is 0.223 e. The zero-order valence-corrected chi connectivity index (χ0v) is 17.9. The third-order valence-corrected chi connectivity index (χ3v) is 6.18. The number of anilines is 1. The highest BCUT2D eigenvalue weighted by Gasteiger charge is 2.26. The fourth-order valence-electron chi connectivity index (χ4n) is 3.37. The van der Waals surface area contributed by atoms with Crippen LogP contribution in [0.4, 0.5) is 5.95 Å². The van der Waals surface area contributed by atoms with E-state index in [1.54, 1.807) is 0 Å². The van der Waals surface area contributed by atoms with Crippen molar-refractivity contribution in [3.05, 3.63) is 39.5 Å². The van der Waals surface area contributed by atoms with Gasteiger partial charge in [-0.25, -0.2) is 9.97 Å². The summed E-state index contributed by atoms with van der Waals surface area (Å²) < 4.78 is 1.92. The Bertz CT molecular complexity index is 940. The summed E-state index contributed by atoms with van der Waals surface area (Å²) in [6.45, 7) is 5.40. The SMILES string of the molecule is CC1(C)CCC(Nc2ncc(Br)c(-c3c[nH]c4c(Br)cccc34)n2)CN1. The molecule has 1 fully saturated rings. The van der Waals surface area contributed by atoms with E-state index in [4.69, 9.17) is 4.98 Å². The lowest BCUT2D eigenvalue weighted by molar-refractivity contribution is 0.289. The van der Waals surface area contributed by atoms with Crippen molar-refractivity contribution in [1.82, 2.24) is 20.3 Å². The van der Waals surface area contributed by atoms with Gasteiger partial charge in [-0.05, 0) is 64.6 Å². The van der Waals surface area contributed by atoms with Crippen molar-refractivity contribution >= 4 is 48.7 Å². The van der Waals surface area contributed by atoms with Crippen LogP contribution in [0.25, 0.3) is 22.2 Å². The summed E-state index contributed by atoms with van der Waals surface area (Å²) in [7, 11) is 0. The van der Waals surface area contributed by atoms with Crippen molar-refractivity contribution in [1.29, 1.82) is 0 Å². The van der Waals surface area contributed by atoms with Crippen LogP contribution in [-0.4, -0.2) is 33.1 Å². The second kappa shape index (κ2) is 6.94. The van der Waals surface area contributed by atoms with Gasteiger partial charge in [-0.3, -0.25) is 0 Å². The molecule has 4 rings (SSSR count). The molecule has 0 amide bonds. The maximum absolute atomic E-state index is 4.79. The lowest BCUT2D eigenvalue weighted by Gasteiger charge is -2.36. The molecule has 1 saturated heterocycles. The molecule has 1 unspecified atom stereocenters. The molecule has 5 nitrogen and oxygen atoms in total. The molecule has 3 heterocycles. The number of hydrogen-bond donors (Lipinski definition) is 3. The van der Waals surface area contributed by atoms with Gasteiger partial charge in [0.25, 0.3) is 0 Å². The molecule has 3 N–H and O–H groups in total. The minimum atomic E-state index is 0.210. The molecule has 0 aliphatic carbocycles. The predicted octanol–water partition coefficient (Wildman–Crippen LogP) is 5.09. The summed E-state index contributed by atoms with van der Waals surface area (Å²) in [5.74, 6) is 0.666. The maximum atomic E-state index is 4.79. The van der Waals surface area contributed by atoms with Gasteiger partial charge >= 0.3 is 0 Å². The van der Waals surface area contributed by atoms with E-state index < -0.39 is 0 Å². The molecule has 0 saturated carbocycles. The van der Waals surface area contributed by atoms with E-state index in [1.165, 1.54) is 0 Å². The summed E-state index contributed by atoms with van der Waals surface area (Å²) >= 11 is 7.20. The average molecular weight is 479 g/mol. The Morgan fingerprint density at radius 1 is 1.23 bits per heavy atom. The highest BCUT2D eigenvalue weighted by atomic mass is 79.9. The number of piperidine rings is 1. The molecule has 136 valence electrons. The largest absolute Gasteiger partial charge is 0.360 e. The Morgan fingerprint density at radius 2 is 2.08 bits per heavy atom. The van der Waals surface area contributed by atoms with Crippen molar-refractivity contribution in [3.63, 3.8) is 0 Å². The van der Waals surface area contributed by atoms with Gasteiger partial charge in [0, 0.05) is 45.9 Å². The third kappa shape index (κ3) is 3.52. The third-order valence-electron chi connectivity index (χ3n) is 4.94. The summed E-state index contributed by atoms with van der Waals surface area (Å²) in [6.07, 6.45) is 6.05. The van der Waals surface area contributed by atoms with Crippen molar-refractivity contribution in [2.75, 3.05) is 11.9 Å². The van der Waals surface area contributed by atoms with Crippen LogP contribution in [0.1, 0.15) is 26.7 Å². The molecule has 2 aromatic heterocycles. The van der Waals surface area contributed by atoms with Crippen LogP contribution in [0.3, 0.4) is 0 Å². The number of benzene rings is 1. The van der Waals surface area contributed by atoms with Gasteiger partial charge in [0.1, 0.15) is 0 Å². The van der Waals surface area contributed by atoms with Crippen LogP contribution >= 0.6 is 31.9 Å². The van der Waals surface area contributed by atoms with E-state index in [-0.39, 0.29) is 5.54 Å². The first-order valence-corrected chi connectivity index (χ1v) is 10.3. The number of nitrogens with one attached hydrogen (secondary N) is 3. The fourth-order valence-corrected chi connectivity index (χ4v) is 4.25. The Kier molecular flexibility index (Phi) is 4.79. The Balaban J connectivity index is 1.63. The van der Waals surface area contributed by atoms with Crippen molar-refractivity contribution < 1.29 is 0 Å². The highest BCUT2D eigenvalue weighted by molar-refractivity contribution is 9.11. The molecular formula is C19H21Br2N5. The first-order chi connectivity index (χ1) is 12.4. The molecular weight excluding hydrogens is 458 g/mol. The van der Waals surface area contributed by atoms with Crippen LogP contribution in [-0.2, 0) is 0 Å². The lowest BCUT2D eigenvalue weighted by Crippen LogP contribution is -2.50. The predicted molar refractivity (Wildman–Crippen MR) is 113 cm³/mol. The topological polar surface area (TPSA) is 65.6 Å². The quantitative estimate of drug-likeness (QED) is 0.490. The molecule has 0 bridgehead atoms. The molecule has 1 aromatic carbocycles. The van der Waals surface area contributed by atoms with Crippen molar-refractivity contribution in [2.45, 2.75) is 38.3 Å². The second-order valence-electron chi connectivity index (χ2n) is 7.40. The summed E-state index contributed by atoms with van der Waals surface area (Å²) in [5, 5.41) is 8.19. The number of aromatic amines is 1. The summed E-state index contributed by atoms with van der Waals surface area (Å²) in [6, 6.07) is 6.50. The number of rotatable bonds is 3. The van der Waals surface area contributed by atoms with Crippen LogP contribution in [0.2, 0.25) is 0 Å². The molecule has 1 atom stereocenters. The van der Waals surface area contributed by atoms with E-state index in [9.17, 15) is 0 Å². The van der Waals surface area contributed by atoms with Gasteiger partial charge in [-0.1, -0.05) is 12.1 Å². The van der Waals surface area contributed by atoms with Crippen LogP contribution < -0.4 is 10.6 Å². The van der Waals surface area contributed by atoms with Crippen molar-refractivity contribution in [3.8, 4) is 11.3 Å². The number of nitrogens with zero attached hydrogens (tertiary/aromatic N) is 2. The Hall–Kier alpha value is -1.44. The first-order valence-electron chi connectivity index (χ1n) is 8.73. The Morgan fingerprint density at radius 3 is 2.85 bits per heavy atom. The zero-order chi connectivity index (χ0) is 18.3. The number of aromatic nitrogens is 3. The van der Waals surface area contributed by atoms with Crippen molar-refractivity contribution in [2.24, 2.45) is 0 Å². The van der Waals surface area contributed by atoms with Gasteiger partial charge in [-0.2, -0.15) is 0 Å². The number of halogens is 2. The van der Waals surface area contributed by atoms with E-state index >= 15 is 0 Å². The average Bonchev–Trinajstić information content (AvgIpc) is 3.04. The standard InChI is InChI=1S/C19H21Br2N5/c1-19(2)7-6-11(8-24-19)25-18-23-10-15(21)17(26-18)13-9-22-16-12(13)4-3-5-14(16)20/h3-5,9-11,22,24H,6-8H2,1-2H3,(H,23,25,26).